The second-order valence-electron chi connectivity index (χ2n) is 4.68. The maximum Gasteiger partial charge on any atom is 0.121 e. The fourth-order valence-electron chi connectivity index (χ4n) is 2.42. The van der Waals surface area contributed by atoms with E-state index in [-0.39, 0.29) is 0 Å². The molecule has 1 aromatic carbocycles. The molecule has 4 nitrogen and oxygen atoms in total. The summed E-state index contributed by atoms with van der Waals surface area (Å²) in [7, 11) is 1.84. The Morgan fingerprint density at radius 1 is 1.26 bits per heavy atom. The van der Waals surface area contributed by atoms with Gasteiger partial charge in [0.2, 0.25) is 0 Å². The van der Waals surface area contributed by atoms with Crippen LogP contribution in [0.5, 0.6) is 0 Å². The van der Waals surface area contributed by atoms with Crippen molar-refractivity contribution in [2.75, 3.05) is 0 Å². The highest BCUT2D eigenvalue weighted by atomic mass is 16.3. The molecule has 1 atom stereocenters. The molecule has 0 radical (unpaired) electrons. The van der Waals surface area contributed by atoms with Gasteiger partial charge in [0.25, 0.3) is 0 Å². The number of aromatic nitrogens is 3. The normalized spacial score (nSPS) is 12.8. The molecule has 0 spiro atoms. The molecule has 1 N–H and O–H groups in total. The third kappa shape index (κ3) is 2.00. The third-order valence-corrected chi connectivity index (χ3v) is 3.33. The molecule has 96 valence electrons. The van der Waals surface area contributed by atoms with E-state index in [0.717, 1.165) is 27.7 Å². The highest BCUT2D eigenvalue weighted by molar-refractivity contribution is 5.85. The number of hydrogen-bond acceptors (Lipinski definition) is 3. The van der Waals surface area contributed by atoms with E-state index in [1.54, 1.807) is 17.1 Å². The van der Waals surface area contributed by atoms with Gasteiger partial charge in [-0.25, -0.2) is 0 Å². The van der Waals surface area contributed by atoms with Gasteiger partial charge in [-0.2, -0.15) is 5.10 Å². The number of hydrogen-bond donors (Lipinski definition) is 1. The molecular formula is C15H15N3O. The number of aliphatic hydroxyl groups is 1. The van der Waals surface area contributed by atoms with Crippen molar-refractivity contribution in [2.45, 2.75) is 13.0 Å². The van der Waals surface area contributed by atoms with Gasteiger partial charge < -0.3 is 5.11 Å². The van der Waals surface area contributed by atoms with Crippen LogP contribution in [0, 0.1) is 6.92 Å². The van der Waals surface area contributed by atoms with Crippen LogP contribution in [0.25, 0.3) is 10.8 Å². The quantitative estimate of drug-likeness (QED) is 0.762. The minimum absolute atomic E-state index is 0.695. The lowest BCUT2D eigenvalue weighted by Crippen LogP contribution is -2.07. The molecule has 0 fully saturated rings. The summed E-state index contributed by atoms with van der Waals surface area (Å²) >= 11 is 0. The SMILES string of the molecule is Cc1cc(C(O)c2cccc3ccncc23)n(C)n1. The Balaban J connectivity index is 2.16. The monoisotopic (exact) mass is 253 g/mol. The Labute approximate surface area is 111 Å². The van der Waals surface area contributed by atoms with Crippen molar-refractivity contribution in [3.05, 3.63) is 59.7 Å². The predicted octanol–water partition coefficient (Wildman–Crippen LogP) is 2.36. The Hall–Kier alpha value is -2.20. The van der Waals surface area contributed by atoms with Crippen LogP contribution < -0.4 is 0 Å². The van der Waals surface area contributed by atoms with Crippen LogP contribution in [0.15, 0.2) is 42.7 Å². The zero-order valence-electron chi connectivity index (χ0n) is 10.9. The van der Waals surface area contributed by atoms with Crippen molar-refractivity contribution in [1.29, 1.82) is 0 Å². The van der Waals surface area contributed by atoms with Crippen molar-refractivity contribution in [2.24, 2.45) is 7.05 Å². The first kappa shape index (κ1) is 11.9. The van der Waals surface area contributed by atoms with Gasteiger partial charge in [-0.05, 0) is 30.0 Å². The standard InChI is InChI=1S/C15H15N3O/c1-10-8-14(18(2)17-10)15(19)12-5-3-4-11-6-7-16-9-13(11)12/h3-9,15,19H,1-2H3. The fraction of sp³-hybridized carbons (Fsp3) is 0.200. The van der Waals surface area contributed by atoms with Crippen LogP contribution in [0.1, 0.15) is 23.1 Å². The van der Waals surface area contributed by atoms with Crippen LogP contribution in [0.4, 0.5) is 0 Å². The summed E-state index contributed by atoms with van der Waals surface area (Å²) in [5.74, 6) is 0. The summed E-state index contributed by atoms with van der Waals surface area (Å²) in [5, 5.41) is 16.9. The van der Waals surface area contributed by atoms with Gasteiger partial charge in [-0.1, -0.05) is 18.2 Å². The molecule has 0 bridgehead atoms. The average molecular weight is 253 g/mol. The second-order valence-corrected chi connectivity index (χ2v) is 4.68. The number of nitrogens with zero attached hydrogens (tertiary/aromatic N) is 3. The van der Waals surface area contributed by atoms with Gasteiger partial charge in [0.05, 0.1) is 11.4 Å². The molecule has 3 rings (SSSR count). The highest BCUT2D eigenvalue weighted by Crippen LogP contribution is 2.28. The zero-order chi connectivity index (χ0) is 13.4. The molecule has 19 heavy (non-hydrogen) atoms. The Morgan fingerprint density at radius 2 is 2.11 bits per heavy atom. The van der Waals surface area contributed by atoms with Crippen LogP contribution in [-0.2, 0) is 7.05 Å². The van der Waals surface area contributed by atoms with Gasteiger partial charge in [0, 0.05) is 24.8 Å². The number of aryl methyl sites for hydroxylation is 2. The minimum Gasteiger partial charge on any atom is -0.382 e. The average Bonchev–Trinajstić information content (AvgIpc) is 2.76. The third-order valence-electron chi connectivity index (χ3n) is 3.33. The molecule has 0 aliphatic heterocycles. The van der Waals surface area contributed by atoms with E-state index < -0.39 is 6.10 Å². The van der Waals surface area contributed by atoms with E-state index >= 15 is 0 Å². The minimum atomic E-state index is -0.695. The maximum absolute atomic E-state index is 10.6. The number of benzene rings is 1. The number of aliphatic hydroxyl groups excluding tert-OH is 1. The van der Waals surface area contributed by atoms with Crippen molar-refractivity contribution < 1.29 is 5.11 Å². The van der Waals surface area contributed by atoms with E-state index in [1.807, 2.05) is 44.3 Å². The molecule has 3 aromatic rings. The first-order valence-corrected chi connectivity index (χ1v) is 6.18. The van der Waals surface area contributed by atoms with Crippen molar-refractivity contribution in [3.63, 3.8) is 0 Å². The molecule has 0 saturated carbocycles. The number of rotatable bonds is 2. The molecule has 0 aliphatic carbocycles. The van der Waals surface area contributed by atoms with Crippen LogP contribution in [-0.4, -0.2) is 19.9 Å². The van der Waals surface area contributed by atoms with E-state index in [0.29, 0.717) is 0 Å². The van der Waals surface area contributed by atoms with Crippen LogP contribution >= 0.6 is 0 Å². The highest BCUT2D eigenvalue weighted by Gasteiger charge is 2.17. The summed E-state index contributed by atoms with van der Waals surface area (Å²) in [4.78, 5) is 4.14. The molecule has 0 amide bonds. The van der Waals surface area contributed by atoms with Crippen LogP contribution in [0.3, 0.4) is 0 Å². The van der Waals surface area contributed by atoms with Crippen LogP contribution in [0.2, 0.25) is 0 Å². The molecule has 1 unspecified atom stereocenters. The molecule has 2 heterocycles. The second kappa shape index (κ2) is 4.48. The lowest BCUT2D eigenvalue weighted by Gasteiger charge is -2.13. The fourth-order valence-corrected chi connectivity index (χ4v) is 2.42. The maximum atomic E-state index is 10.6. The van der Waals surface area contributed by atoms with Gasteiger partial charge in [0.1, 0.15) is 6.10 Å². The predicted molar refractivity (Wildman–Crippen MR) is 73.7 cm³/mol. The lowest BCUT2D eigenvalue weighted by atomic mass is 10.00. The summed E-state index contributed by atoms with van der Waals surface area (Å²) < 4.78 is 1.72. The Morgan fingerprint density at radius 3 is 2.84 bits per heavy atom. The smallest absolute Gasteiger partial charge is 0.121 e. The summed E-state index contributed by atoms with van der Waals surface area (Å²) in [6.07, 6.45) is 2.85. The molecular weight excluding hydrogens is 238 g/mol. The topological polar surface area (TPSA) is 50.9 Å². The molecule has 4 heteroatoms. The van der Waals surface area contributed by atoms with E-state index in [4.69, 9.17) is 0 Å². The molecule has 2 aromatic heterocycles. The van der Waals surface area contributed by atoms with E-state index in [2.05, 4.69) is 10.1 Å². The van der Waals surface area contributed by atoms with Gasteiger partial charge in [0.15, 0.2) is 0 Å². The summed E-state index contributed by atoms with van der Waals surface area (Å²) in [6, 6.07) is 9.74. The lowest BCUT2D eigenvalue weighted by molar-refractivity contribution is 0.211. The number of fused-ring (bicyclic) bond motifs is 1. The largest absolute Gasteiger partial charge is 0.382 e. The number of pyridine rings is 1. The van der Waals surface area contributed by atoms with E-state index in [1.165, 1.54) is 0 Å². The Kier molecular flexibility index (Phi) is 2.80. The van der Waals surface area contributed by atoms with Gasteiger partial charge in [-0.15, -0.1) is 0 Å². The van der Waals surface area contributed by atoms with E-state index in [9.17, 15) is 5.11 Å². The summed E-state index contributed by atoms with van der Waals surface area (Å²) in [6.45, 7) is 1.92. The first-order valence-electron chi connectivity index (χ1n) is 6.18. The van der Waals surface area contributed by atoms with Gasteiger partial charge >= 0.3 is 0 Å². The zero-order valence-corrected chi connectivity index (χ0v) is 10.9. The Bertz CT molecular complexity index is 728. The molecule has 0 aliphatic rings. The van der Waals surface area contributed by atoms with Crippen molar-refractivity contribution in [1.82, 2.24) is 14.8 Å². The van der Waals surface area contributed by atoms with Gasteiger partial charge in [-0.3, -0.25) is 9.67 Å². The van der Waals surface area contributed by atoms with Crippen molar-refractivity contribution >= 4 is 10.8 Å². The van der Waals surface area contributed by atoms with Crippen molar-refractivity contribution in [3.8, 4) is 0 Å². The molecule has 0 saturated heterocycles. The summed E-state index contributed by atoms with van der Waals surface area (Å²) in [5.41, 5.74) is 2.54. The first-order chi connectivity index (χ1) is 9.16.